The first kappa shape index (κ1) is 29.5. The zero-order chi connectivity index (χ0) is 21.6. The quantitative estimate of drug-likeness (QED) is 0.396. The van der Waals surface area contributed by atoms with Crippen LogP contribution in [-0.4, -0.2) is 98.6 Å². The van der Waals surface area contributed by atoms with Gasteiger partial charge in [0.25, 0.3) is 0 Å². The molecular formula is C20H18Na2O8S. The van der Waals surface area contributed by atoms with Crippen molar-refractivity contribution in [3.05, 3.63) is 95.1 Å². The molecule has 0 unspecified atom stereocenters. The van der Waals surface area contributed by atoms with Gasteiger partial charge in [-0.25, -0.2) is 4.79 Å². The average molecular weight is 464 g/mol. The Labute approximate surface area is 223 Å². The van der Waals surface area contributed by atoms with Crippen molar-refractivity contribution in [2.45, 2.75) is 0 Å². The van der Waals surface area contributed by atoms with Crippen LogP contribution in [0.1, 0.15) is 21.5 Å². The fraction of sp³-hybridized carbons (Fsp3) is 0. The SMILES string of the molecule is O=C1C=CC(=C(c2ccc(O)cc2)c2ccccc2C(=O)O)C=C1.O=S(=O)(O)O.[NaH].[NaH]. The van der Waals surface area contributed by atoms with E-state index in [-0.39, 0.29) is 76.2 Å². The number of benzene rings is 2. The van der Waals surface area contributed by atoms with Crippen molar-refractivity contribution in [1.29, 1.82) is 0 Å². The van der Waals surface area contributed by atoms with Crippen LogP contribution in [0.2, 0.25) is 0 Å². The Bertz CT molecular complexity index is 1110. The monoisotopic (exact) mass is 464 g/mol. The van der Waals surface area contributed by atoms with Crippen molar-refractivity contribution in [1.82, 2.24) is 0 Å². The predicted molar refractivity (Wildman–Crippen MR) is 119 cm³/mol. The molecule has 0 atom stereocenters. The Hall–Kier alpha value is -1.53. The molecule has 3 rings (SSSR count). The third-order valence-corrected chi connectivity index (χ3v) is 3.73. The van der Waals surface area contributed by atoms with Gasteiger partial charge in [-0.2, -0.15) is 8.42 Å². The number of aromatic hydroxyl groups is 1. The van der Waals surface area contributed by atoms with Gasteiger partial charge in [-0.15, -0.1) is 0 Å². The molecule has 0 heterocycles. The number of carboxylic acids is 1. The predicted octanol–water partition coefficient (Wildman–Crippen LogP) is 1.64. The van der Waals surface area contributed by atoms with Crippen LogP contribution in [0.4, 0.5) is 0 Å². The molecule has 2 aromatic carbocycles. The number of phenols is 1. The summed E-state index contributed by atoms with van der Waals surface area (Å²) in [6, 6.07) is 13.2. The molecule has 1 aliphatic carbocycles. The van der Waals surface area contributed by atoms with Crippen molar-refractivity contribution in [3.63, 3.8) is 0 Å². The molecule has 0 aliphatic heterocycles. The van der Waals surface area contributed by atoms with E-state index in [1.165, 1.54) is 12.2 Å². The second kappa shape index (κ2) is 13.1. The molecule has 8 nitrogen and oxygen atoms in total. The normalized spacial score (nSPS) is 12.1. The number of carbonyl (C=O) groups is 2. The summed E-state index contributed by atoms with van der Waals surface area (Å²) < 4.78 is 31.6. The molecule has 0 spiro atoms. The molecule has 0 radical (unpaired) electrons. The summed E-state index contributed by atoms with van der Waals surface area (Å²) in [5.41, 5.74) is 2.89. The molecule has 0 bridgehead atoms. The van der Waals surface area contributed by atoms with Gasteiger partial charge in [0.2, 0.25) is 0 Å². The number of aromatic carboxylic acids is 1. The Balaban J connectivity index is 0.00000116. The number of hydrogen-bond acceptors (Lipinski definition) is 5. The van der Waals surface area contributed by atoms with E-state index in [0.717, 1.165) is 11.1 Å². The van der Waals surface area contributed by atoms with Crippen molar-refractivity contribution < 1.29 is 37.3 Å². The molecule has 0 saturated carbocycles. The number of carboxylic acid groups (broad SMARTS) is 1. The van der Waals surface area contributed by atoms with Crippen LogP contribution in [0.5, 0.6) is 5.75 Å². The fourth-order valence-electron chi connectivity index (χ4n) is 2.61. The van der Waals surface area contributed by atoms with Crippen LogP contribution in [-0.2, 0) is 15.2 Å². The van der Waals surface area contributed by atoms with Crippen molar-refractivity contribution >= 4 is 86.8 Å². The summed E-state index contributed by atoms with van der Waals surface area (Å²) in [5, 5.41) is 19.0. The molecule has 154 valence electrons. The van der Waals surface area contributed by atoms with Crippen molar-refractivity contribution in [2.24, 2.45) is 0 Å². The summed E-state index contributed by atoms with van der Waals surface area (Å²) in [5.74, 6) is -1.02. The summed E-state index contributed by atoms with van der Waals surface area (Å²) >= 11 is 0. The zero-order valence-corrected chi connectivity index (χ0v) is 15.6. The van der Waals surface area contributed by atoms with Gasteiger partial charge in [-0.1, -0.05) is 42.5 Å². The summed E-state index contributed by atoms with van der Waals surface area (Å²) in [4.78, 5) is 23.0. The first-order chi connectivity index (χ1) is 13.6. The molecule has 2 aromatic rings. The zero-order valence-electron chi connectivity index (χ0n) is 14.8. The molecule has 0 saturated heterocycles. The van der Waals surface area contributed by atoms with Crippen LogP contribution in [0.25, 0.3) is 5.57 Å². The van der Waals surface area contributed by atoms with E-state index in [2.05, 4.69) is 0 Å². The molecule has 11 heteroatoms. The van der Waals surface area contributed by atoms with Gasteiger partial charge in [-0.05, 0) is 52.6 Å². The fourth-order valence-corrected chi connectivity index (χ4v) is 2.61. The van der Waals surface area contributed by atoms with Crippen LogP contribution >= 0.6 is 0 Å². The second-order valence-electron chi connectivity index (χ2n) is 5.74. The van der Waals surface area contributed by atoms with E-state index in [1.54, 1.807) is 60.7 Å². The van der Waals surface area contributed by atoms with Crippen LogP contribution in [0.3, 0.4) is 0 Å². The van der Waals surface area contributed by atoms with Gasteiger partial charge < -0.3 is 10.2 Å². The van der Waals surface area contributed by atoms with Gasteiger partial charge in [0.05, 0.1) is 5.56 Å². The number of rotatable bonds is 3. The van der Waals surface area contributed by atoms with Crippen molar-refractivity contribution in [2.75, 3.05) is 0 Å². The number of ketones is 1. The van der Waals surface area contributed by atoms with Gasteiger partial charge >= 0.3 is 75.5 Å². The minimum absolute atomic E-state index is 0. The molecule has 0 fully saturated rings. The van der Waals surface area contributed by atoms with E-state index in [4.69, 9.17) is 17.5 Å². The van der Waals surface area contributed by atoms with E-state index < -0.39 is 16.4 Å². The van der Waals surface area contributed by atoms with Crippen LogP contribution in [0, 0.1) is 0 Å². The van der Waals surface area contributed by atoms with E-state index in [0.29, 0.717) is 11.1 Å². The molecule has 31 heavy (non-hydrogen) atoms. The van der Waals surface area contributed by atoms with Gasteiger partial charge in [0.1, 0.15) is 5.75 Å². The van der Waals surface area contributed by atoms with E-state index >= 15 is 0 Å². The Kier molecular flexibility index (Phi) is 12.5. The first-order valence-electron chi connectivity index (χ1n) is 8.02. The number of hydrogen-bond donors (Lipinski definition) is 4. The van der Waals surface area contributed by atoms with Gasteiger partial charge in [0.15, 0.2) is 5.78 Å². The van der Waals surface area contributed by atoms with Crippen LogP contribution in [0.15, 0.2) is 78.4 Å². The Morgan fingerprint density at radius 2 is 1.23 bits per heavy atom. The maximum atomic E-state index is 11.6. The minimum atomic E-state index is -4.67. The average Bonchev–Trinajstić information content (AvgIpc) is 2.64. The molecule has 4 N–H and O–H groups in total. The number of carbonyl (C=O) groups excluding carboxylic acids is 1. The topological polar surface area (TPSA) is 149 Å². The van der Waals surface area contributed by atoms with Gasteiger partial charge in [-0.3, -0.25) is 13.9 Å². The molecule has 0 aromatic heterocycles. The summed E-state index contributed by atoms with van der Waals surface area (Å²) in [7, 11) is -4.67. The van der Waals surface area contributed by atoms with Gasteiger partial charge in [0, 0.05) is 0 Å². The second-order valence-corrected chi connectivity index (χ2v) is 6.64. The summed E-state index contributed by atoms with van der Waals surface area (Å²) in [6.45, 7) is 0. The third-order valence-electron chi connectivity index (χ3n) is 3.73. The Morgan fingerprint density at radius 1 is 0.774 bits per heavy atom. The van der Waals surface area contributed by atoms with E-state index in [1.807, 2.05) is 0 Å². The third kappa shape index (κ3) is 9.65. The van der Waals surface area contributed by atoms with E-state index in [9.17, 15) is 19.8 Å². The van der Waals surface area contributed by atoms with Crippen LogP contribution < -0.4 is 0 Å². The molecule has 1 aliphatic rings. The number of phenolic OH excluding ortho intramolecular Hbond substituents is 1. The summed E-state index contributed by atoms with van der Waals surface area (Å²) in [6.07, 6.45) is 6.23. The number of allylic oxidation sites excluding steroid dienone is 5. The maximum absolute atomic E-state index is 11.6. The first-order valence-corrected chi connectivity index (χ1v) is 9.42. The standard InChI is InChI=1S/C20H14O4.2Na.H2O4S.2H/c21-15-9-5-13(6-10-15)19(14-7-11-16(22)12-8-14)17-3-1-2-4-18(17)20(23)24;;;1-5(2,3)4;;/h1-12,21H,(H,23,24);;;(H2,1,2,3,4);;. The Morgan fingerprint density at radius 3 is 1.68 bits per heavy atom. The molecule has 0 amide bonds. The van der Waals surface area contributed by atoms with Crippen molar-refractivity contribution in [3.8, 4) is 5.75 Å². The molecular weight excluding hydrogens is 446 g/mol.